The first-order chi connectivity index (χ1) is 11.0. The van der Waals surface area contributed by atoms with Gasteiger partial charge in [-0.25, -0.2) is 0 Å². The molecule has 1 aromatic rings. The van der Waals surface area contributed by atoms with Gasteiger partial charge >= 0.3 is 0 Å². The maximum Gasteiger partial charge on any atom is 0.221 e. The Bertz CT molecular complexity index is 551. The summed E-state index contributed by atoms with van der Waals surface area (Å²) >= 11 is 0. The van der Waals surface area contributed by atoms with Gasteiger partial charge in [0.15, 0.2) is 0 Å². The van der Waals surface area contributed by atoms with Gasteiger partial charge in [-0.15, -0.1) is 0 Å². The van der Waals surface area contributed by atoms with E-state index in [0.29, 0.717) is 13.0 Å². The van der Waals surface area contributed by atoms with Gasteiger partial charge in [0.25, 0.3) is 0 Å². The molecule has 2 amide bonds. The molecule has 1 aliphatic rings. The van der Waals surface area contributed by atoms with Crippen molar-refractivity contribution in [3.8, 4) is 0 Å². The van der Waals surface area contributed by atoms with E-state index in [0.717, 1.165) is 37.4 Å². The number of amides is 2. The maximum atomic E-state index is 11.8. The third kappa shape index (κ3) is 4.96. The van der Waals surface area contributed by atoms with Crippen LogP contribution in [0.4, 0.5) is 5.69 Å². The number of carbonyl (C=O) groups excluding carboxylic acids is 2. The minimum absolute atomic E-state index is 0.0313. The molecule has 2 rings (SSSR count). The predicted octanol–water partition coefficient (Wildman–Crippen LogP) is 0.709. The molecular formula is C17H26N4O2. The van der Waals surface area contributed by atoms with Crippen LogP contribution in [0.25, 0.3) is 0 Å². The summed E-state index contributed by atoms with van der Waals surface area (Å²) in [5.74, 6) is 0.0947. The highest BCUT2D eigenvalue weighted by Crippen LogP contribution is 2.22. The van der Waals surface area contributed by atoms with Crippen molar-refractivity contribution in [2.75, 3.05) is 31.1 Å². The molecule has 23 heavy (non-hydrogen) atoms. The van der Waals surface area contributed by atoms with Crippen molar-refractivity contribution in [1.82, 2.24) is 10.2 Å². The third-order valence-electron chi connectivity index (χ3n) is 4.04. The van der Waals surface area contributed by atoms with Crippen LogP contribution in [0.5, 0.6) is 0 Å². The normalized spacial score (nSPS) is 16.1. The first-order valence-electron chi connectivity index (χ1n) is 8.08. The number of carbonyl (C=O) groups is 2. The van der Waals surface area contributed by atoms with Crippen molar-refractivity contribution >= 4 is 17.5 Å². The highest BCUT2D eigenvalue weighted by atomic mass is 16.2. The van der Waals surface area contributed by atoms with E-state index >= 15 is 0 Å². The smallest absolute Gasteiger partial charge is 0.221 e. The molecule has 0 saturated carbocycles. The quantitative estimate of drug-likeness (QED) is 0.838. The van der Waals surface area contributed by atoms with Gasteiger partial charge in [0, 0.05) is 57.8 Å². The van der Waals surface area contributed by atoms with Crippen LogP contribution < -0.4 is 16.0 Å². The first-order valence-corrected chi connectivity index (χ1v) is 8.08. The average molecular weight is 318 g/mol. The van der Waals surface area contributed by atoms with Crippen molar-refractivity contribution in [3.63, 3.8) is 0 Å². The fourth-order valence-electron chi connectivity index (χ4n) is 2.79. The van der Waals surface area contributed by atoms with Crippen molar-refractivity contribution in [2.24, 2.45) is 5.73 Å². The number of nitrogens with two attached hydrogens (primary N) is 1. The molecule has 0 spiro atoms. The molecule has 1 aromatic carbocycles. The number of nitrogens with zero attached hydrogens (tertiary/aromatic N) is 2. The van der Waals surface area contributed by atoms with Crippen LogP contribution in [-0.2, 0) is 16.1 Å². The van der Waals surface area contributed by atoms with Crippen LogP contribution in [0.2, 0.25) is 0 Å². The Balaban J connectivity index is 1.98. The molecule has 0 bridgehead atoms. The summed E-state index contributed by atoms with van der Waals surface area (Å²) in [6.45, 7) is 7.02. The molecule has 0 aromatic heterocycles. The lowest BCUT2D eigenvalue weighted by Gasteiger charge is -2.36. The van der Waals surface area contributed by atoms with Gasteiger partial charge in [-0.2, -0.15) is 0 Å². The number of rotatable bonds is 5. The van der Waals surface area contributed by atoms with Crippen molar-refractivity contribution in [2.45, 2.75) is 32.9 Å². The van der Waals surface area contributed by atoms with E-state index in [4.69, 9.17) is 5.73 Å². The van der Waals surface area contributed by atoms with Crippen molar-refractivity contribution in [3.05, 3.63) is 29.8 Å². The summed E-state index contributed by atoms with van der Waals surface area (Å²) in [6.07, 6.45) is 0.333. The first kappa shape index (κ1) is 17.3. The number of nitrogens with one attached hydrogen (secondary N) is 1. The molecule has 1 unspecified atom stereocenters. The Morgan fingerprint density at radius 3 is 2.48 bits per heavy atom. The second-order valence-corrected chi connectivity index (χ2v) is 6.08. The van der Waals surface area contributed by atoms with Crippen LogP contribution >= 0.6 is 0 Å². The molecule has 0 aliphatic carbocycles. The lowest BCUT2D eigenvalue weighted by molar-refractivity contribution is -0.129. The van der Waals surface area contributed by atoms with Gasteiger partial charge in [-0.1, -0.05) is 18.2 Å². The summed E-state index contributed by atoms with van der Waals surface area (Å²) in [7, 11) is 0. The van der Waals surface area contributed by atoms with Crippen LogP contribution in [0, 0.1) is 0 Å². The van der Waals surface area contributed by atoms with Crippen LogP contribution in [0.1, 0.15) is 25.8 Å². The van der Waals surface area contributed by atoms with Crippen molar-refractivity contribution in [1.29, 1.82) is 0 Å². The fourth-order valence-corrected chi connectivity index (χ4v) is 2.79. The topological polar surface area (TPSA) is 78.7 Å². The minimum Gasteiger partial charge on any atom is -0.368 e. The SMILES string of the molecule is CC(=O)N1CCN(c2ccccc2CNC(=O)CC(C)N)CC1. The number of benzene rings is 1. The largest absolute Gasteiger partial charge is 0.368 e. The molecule has 1 atom stereocenters. The number of hydrogen-bond acceptors (Lipinski definition) is 4. The number of piperazine rings is 1. The van der Waals surface area contributed by atoms with Gasteiger partial charge in [-0.05, 0) is 18.6 Å². The molecule has 1 heterocycles. The molecule has 0 radical (unpaired) electrons. The molecule has 3 N–H and O–H groups in total. The summed E-state index contributed by atoms with van der Waals surface area (Å²) < 4.78 is 0. The highest BCUT2D eigenvalue weighted by Gasteiger charge is 2.20. The van der Waals surface area contributed by atoms with Gasteiger partial charge in [0.1, 0.15) is 0 Å². The number of anilines is 1. The minimum atomic E-state index is -0.134. The molecule has 6 heteroatoms. The zero-order valence-corrected chi connectivity index (χ0v) is 13.9. The van der Waals surface area contributed by atoms with E-state index < -0.39 is 0 Å². The Morgan fingerprint density at radius 1 is 1.22 bits per heavy atom. The van der Waals surface area contributed by atoms with E-state index in [9.17, 15) is 9.59 Å². The van der Waals surface area contributed by atoms with Gasteiger partial charge < -0.3 is 20.9 Å². The molecule has 1 fully saturated rings. The predicted molar refractivity (Wildman–Crippen MR) is 91.0 cm³/mol. The monoisotopic (exact) mass is 318 g/mol. The van der Waals surface area contributed by atoms with E-state index in [1.54, 1.807) is 6.92 Å². The number of hydrogen-bond donors (Lipinski definition) is 2. The van der Waals surface area contributed by atoms with Gasteiger partial charge in [-0.3, -0.25) is 9.59 Å². The highest BCUT2D eigenvalue weighted by molar-refractivity contribution is 5.76. The summed E-state index contributed by atoms with van der Waals surface area (Å²) in [5.41, 5.74) is 7.85. The second-order valence-electron chi connectivity index (χ2n) is 6.08. The van der Waals surface area contributed by atoms with E-state index in [1.165, 1.54) is 0 Å². The van der Waals surface area contributed by atoms with Gasteiger partial charge in [0.05, 0.1) is 0 Å². The maximum absolute atomic E-state index is 11.8. The fraction of sp³-hybridized carbons (Fsp3) is 0.529. The van der Waals surface area contributed by atoms with E-state index in [1.807, 2.05) is 30.0 Å². The molecule has 6 nitrogen and oxygen atoms in total. The Kier molecular flexibility index (Phi) is 5.98. The van der Waals surface area contributed by atoms with E-state index in [-0.39, 0.29) is 17.9 Å². The third-order valence-corrected chi connectivity index (χ3v) is 4.04. The molecular weight excluding hydrogens is 292 g/mol. The Morgan fingerprint density at radius 2 is 1.87 bits per heavy atom. The molecule has 1 saturated heterocycles. The summed E-state index contributed by atoms with van der Waals surface area (Å²) in [4.78, 5) is 27.3. The van der Waals surface area contributed by atoms with Crippen molar-refractivity contribution < 1.29 is 9.59 Å². The average Bonchev–Trinajstić information content (AvgIpc) is 2.52. The second kappa shape index (κ2) is 7.97. The Labute approximate surface area is 137 Å². The van der Waals surface area contributed by atoms with E-state index in [2.05, 4.69) is 16.3 Å². The summed E-state index contributed by atoms with van der Waals surface area (Å²) in [5, 5.41) is 2.93. The van der Waals surface area contributed by atoms with Crippen LogP contribution in [0.15, 0.2) is 24.3 Å². The lowest BCUT2D eigenvalue weighted by Crippen LogP contribution is -2.48. The zero-order valence-electron chi connectivity index (χ0n) is 13.9. The van der Waals surface area contributed by atoms with Crippen LogP contribution in [-0.4, -0.2) is 48.9 Å². The Hall–Kier alpha value is -2.08. The standard InChI is InChI=1S/C17H26N4O2/c1-13(18)11-17(23)19-12-15-5-3-4-6-16(15)21-9-7-20(8-10-21)14(2)22/h3-6,13H,7-12,18H2,1-2H3,(H,19,23). The lowest BCUT2D eigenvalue weighted by atomic mass is 10.1. The summed E-state index contributed by atoms with van der Waals surface area (Å²) in [6, 6.07) is 7.93. The van der Waals surface area contributed by atoms with Crippen LogP contribution in [0.3, 0.4) is 0 Å². The zero-order chi connectivity index (χ0) is 16.8. The van der Waals surface area contributed by atoms with Gasteiger partial charge in [0.2, 0.25) is 11.8 Å². The molecule has 1 aliphatic heterocycles. The number of para-hydroxylation sites is 1. The molecule has 126 valence electrons.